The average Bonchev–Trinajstić information content (AvgIpc) is 2.60. The van der Waals surface area contributed by atoms with Gasteiger partial charge in [-0.05, 0) is 26.2 Å². The number of nitrogens with one attached hydrogen (secondary N) is 2. The SMILES string of the molecule is C=C(C)CN1CCC(NC(=NC)NCCOCCOCCCC)CC1. The third-order valence-electron chi connectivity index (χ3n) is 4.20. The molecule has 6 heteroatoms. The van der Waals surface area contributed by atoms with Crippen LogP contribution < -0.4 is 10.6 Å². The highest BCUT2D eigenvalue weighted by atomic mass is 16.5. The Hall–Kier alpha value is -1.11. The highest BCUT2D eigenvalue weighted by Crippen LogP contribution is 2.11. The number of guanidine groups is 1. The van der Waals surface area contributed by atoms with Crippen molar-refractivity contribution < 1.29 is 9.47 Å². The molecule has 1 aliphatic heterocycles. The minimum absolute atomic E-state index is 0.487. The van der Waals surface area contributed by atoms with E-state index >= 15 is 0 Å². The Balaban J connectivity index is 2.04. The van der Waals surface area contributed by atoms with E-state index in [2.05, 4.69) is 41.0 Å². The van der Waals surface area contributed by atoms with Gasteiger partial charge in [-0.2, -0.15) is 0 Å². The van der Waals surface area contributed by atoms with Crippen molar-refractivity contribution in [2.75, 3.05) is 59.7 Å². The van der Waals surface area contributed by atoms with Crippen molar-refractivity contribution in [2.45, 2.75) is 45.6 Å². The maximum Gasteiger partial charge on any atom is 0.191 e. The lowest BCUT2D eigenvalue weighted by molar-refractivity contribution is 0.0487. The first-order valence-electron chi connectivity index (χ1n) is 9.65. The Morgan fingerprint density at radius 3 is 2.44 bits per heavy atom. The fraction of sp³-hybridized carbons (Fsp3) is 0.842. The smallest absolute Gasteiger partial charge is 0.191 e. The minimum atomic E-state index is 0.487. The van der Waals surface area contributed by atoms with Gasteiger partial charge in [-0.25, -0.2) is 0 Å². The molecule has 0 aromatic heterocycles. The topological polar surface area (TPSA) is 58.1 Å². The molecule has 0 unspecified atom stereocenters. The molecule has 1 rings (SSSR count). The second-order valence-corrected chi connectivity index (χ2v) is 6.73. The average molecular weight is 355 g/mol. The summed E-state index contributed by atoms with van der Waals surface area (Å²) in [5.74, 6) is 0.862. The Kier molecular flexibility index (Phi) is 12.4. The summed E-state index contributed by atoms with van der Waals surface area (Å²) in [4.78, 5) is 6.77. The molecular weight excluding hydrogens is 316 g/mol. The van der Waals surface area contributed by atoms with Crippen LogP contribution in [0.25, 0.3) is 0 Å². The van der Waals surface area contributed by atoms with Crippen molar-refractivity contribution in [2.24, 2.45) is 4.99 Å². The number of aliphatic imine (C=N–C) groups is 1. The Labute approximate surface area is 154 Å². The number of hydrogen-bond acceptors (Lipinski definition) is 4. The lowest BCUT2D eigenvalue weighted by Crippen LogP contribution is -2.49. The molecule has 2 N–H and O–H groups in total. The van der Waals surface area contributed by atoms with Crippen molar-refractivity contribution in [3.05, 3.63) is 12.2 Å². The van der Waals surface area contributed by atoms with Crippen LogP contribution in [0.15, 0.2) is 17.1 Å². The summed E-state index contributed by atoms with van der Waals surface area (Å²) < 4.78 is 11.0. The van der Waals surface area contributed by atoms with Crippen LogP contribution in [-0.2, 0) is 9.47 Å². The lowest BCUT2D eigenvalue weighted by atomic mass is 10.0. The number of unbranched alkanes of at least 4 members (excludes halogenated alkanes) is 1. The van der Waals surface area contributed by atoms with Gasteiger partial charge in [0.05, 0.1) is 19.8 Å². The molecule has 6 nitrogen and oxygen atoms in total. The first kappa shape index (κ1) is 21.9. The summed E-state index contributed by atoms with van der Waals surface area (Å²) in [5.41, 5.74) is 1.24. The van der Waals surface area contributed by atoms with Crippen LogP contribution in [0.3, 0.4) is 0 Å². The van der Waals surface area contributed by atoms with E-state index in [-0.39, 0.29) is 0 Å². The van der Waals surface area contributed by atoms with Crippen molar-refractivity contribution in [1.82, 2.24) is 15.5 Å². The van der Waals surface area contributed by atoms with Gasteiger partial charge in [-0.1, -0.05) is 25.5 Å². The predicted octanol–water partition coefficient (Wildman–Crippen LogP) is 2.03. The molecule has 0 atom stereocenters. The molecule has 0 aromatic carbocycles. The normalized spacial score (nSPS) is 16.8. The Morgan fingerprint density at radius 1 is 1.16 bits per heavy atom. The largest absolute Gasteiger partial charge is 0.379 e. The van der Waals surface area contributed by atoms with Crippen molar-refractivity contribution in [3.63, 3.8) is 0 Å². The van der Waals surface area contributed by atoms with Crippen LogP contribution in [-0.4, -0.2) is 76.6 Å². The first-order valence-corrected chi connectivity index (χ1v) is 9.65. The van der Waals surface area contributed by atoms with Gasteiger partial charge in [-0.3, -0.25) is 9.89 Å². The zero-order valence-electron chi connectivity index (χ0n) is 16.5. The molecule has 0 radical (unpaired) electrons. The summed E-state index contributed by atoms with van der Waals surface area (Å²) >= 11 is 0. The first-order chi connectivity index (χ1) is 12.2. The fourth-order valence-electron chi connectivity index (χ4n) is 2.82. The monoisotopic (exact) mass is 354 g/mol. The van der Waals surface area contributed by atoms with E-state index in [0.29, 0.717) is 25.9 Å². The van der Waals surface area contributed by atoms with Crippen molar-refractivity contribution >= 4 is 5.96 Å². The lowest BCUT2D eigenvalue weighted by Gasteiger charge is -2.33. The molecule has 0 bridgehead atoms. The summed E-state index contributed by atoms with van der Waals surface area (Å²) in [7, 11) is 1.81. The highest BCUT2D eigenvalue weighted by molar-refractivity contribution is 5.79. The molecule has 0 amide bonds. The zero-order chi connectivity index (χ0) is 18.3. The summed E-state index contributed by atoms with van der Waals surface area (Å²) in [5, 5.41) is 6.83. The van der Waals surface area contributed by atoms with Gasteiger partial charge in [0.1, 0.15) is 0 Å². The molecule has 1 aliphatic rings. The highest BCUT2D eigenvalue weighted by Gasteiger charge is 2.19. The van der Waals surface area contributed by atoms with Crippen LogP contribution >= 0.6 is 0 Å². The van der Waals surface area contributed by atoms with E-state index in [0.717, 1.165) is 58.0 Å². The molecule has 146 valence electrons. The van der Waals surface area contributed by atoms with Gasteiger partial charge >= 0.3 is 0 Å². The number of ether oxygens (including phenoxy) is 2. The van der Waals surface area contributed by atoms with Gasteiger partial charge in [-0.15, -0.1) is 0 Å². The zero-order valence-corrected chi connectivity index (χ0v) is 16.5. The molecule has 25 heavy (non-hydrogen) atoms. The van der Waals surface area contributed by atoms with Gasteiger partial charge in [0.15, 0.2) is 5.96 Å². The molecule has 0 aliphatic carbocycles. The van der Waals surface area contributed by atoms with E-state index in [1.54, 1.807) is 0 Å². The fourth-order valence-corrected chi connectivity index (χ4v) is 2.82. The Morgan fingerprint density at radius 2 is 1.84 bits per heavy atom. The van der Waals surface area contributed by atoms with Gasteiger partial charge in [0.2, 0.25) is 0 Å². The summed E-state index contributed by atoms with van der Waals surface area (Å²) in [6.07, 6.45) is 4.57. The molecular formula is C19H38N4O2. The second-order valence-electron chi connectivity index (χ2n) is 6.73. The van der Waals surface area contributed by atoms with E-state index in [9.17, 15) is 0 Å². The van der Waals surface area contributed by atoms with E-state index in [1.165, 1.54) is 12.0 Å². The number of nitrogens with zero attached hydrogens (tertiary/aromatic N) is 2. The number of piperidine rings is 1. The number of rotatable bonds is 12. The molecule has 0 spiro atoms. The van der Waals surface area contributed by atoms with Crippen molar-refractivity contribution in [1.29, 1.82) is 0 Å². The van der Waals surface area contributed by atoms with Crippen LogP contribution in [0.5, 0.6) is 0 Å². The standard InChI is InChI=1S/C19H38N4O2/c1-5-6-12-24-14-15-25-13-9-21-19(20-4)22-18-7-10-23(11-8-18)16-17(2)3/h18H,2,5-16H2,1,3-4H3,(H2,20,21,22). The summed E-state index contributed by atoms with van der Waals surface area (Å²) in [6, 6.07) is 0.487. The van der Waals surface area contributed by atoms with E-state index in [4.69, 9.17) is 9.47 Å². The quantitative estimate of drug-likeness (QED) is 0.243. The predicted molar refractivity (Wildman–Crippen MR) is 105 cm³/mol. The number of likely N-dealkylation sites (tertiary alicyclic amines) is 1. The van der Waals surface area contributed by atoms with Crippen LogP contribution in [0.4, 0.5) is 0 Å². The molecule has 1 saturated heterocycles. The van der Waals surface area contributed by atoms with Crippen LogP contribution in [0.2, 0.25) is 0 Å². The third kappa shape index (κ3) is 11.2. The summed E-state index contributed by atoms with van der Waals surface area (Å²) in [6.45, 7) is 15.1. The number of hydrogen-bond donors (Lipinski definition) is 2. The van der Waals surface area contributed by atoms with Gasteiger partial charge < -0.3 is 20.1 Å². The molecule has 1 fully saturated rings. The molecule has 0 aromatic rings. The van der Waals surface area contributed by atoms with E-state index in [1.807, 2.05) is 7.05 Å². The second kappa shape index (κ2) is 14.1. The van der Waals surface area contributed by atoms with Crippen LogP contribution in [0.1, 0.15) is 39.5 Å². The maximum atomic E-state index is 5.56. The maximum absolute atomic E-state index is 5.56. The van der Waals surface area contributed by atoms with Gasteiger partial charge in [0, 0.05) is 45.9 Å². The van der Waals surface area contributed by atoms with Crippen LogP contribution in [0, 0.1) is 0 Å². The molecule has 0 saturated carbocycles. The third-order valence-corrected chi connectivity index (χ3v) is 4.20. The van der Waals surface area contributed by atoms with E-state index < -0.39 is 0 Å². The molecule has 1 heterocycles. The minimum Gasteiger partial charge on any atom is -0.379 e. The Bertz CT molecular complexity index is 380. The van der Waals surface area contributed by atoms with Gasteiger partial charge in [0.25, 0.3) is 0 Å². The van der Waals surface area contributed by atoms with Crippen molar-refractivity contribution in [3.8, 4) is 0 Å².